The second-order valence-electron chi connectivity index (χ2n) is 4.51. The fraction of sp³-hybridized carbons (Fsp3) is 0.500. The maximum Gasteiger partial charge on any atom is 0.416 e. The molecule has 0 N–H and O–H groups in total. The van der Waals surface area contributed by atoms with Crippen molar-refractivity contribution >= 4 is 5.91 Å². The Kier molecular flexibility index (Phi) is 5.39. The molecular weight excluding hydrogens is 255 g/mol. The zero-order chi connectivity index (χ0) is 14.5. The number of carbonyl (C=O) groups excluding carboxylic acids is 1. The van der Waals surface area contributed by atoms with Crippen molar-refractivity contribution in [3.8, 4) is 0 Å². The van der Waals surface area contributed by atoms with Crippen LogP contribution in [0.2, 0.25) is 0 Å². The van der Waals surface area contributed by atoms with E-state index in [2.05, 4.69) is 0 Å². The van der Waals surface area contributed by atoms with Crippen molar-refractivity contribution in [3.63, 3.8) is 0 Å². The lowest BCUT2D eigenvalue weighted by Gasteiger charge is -2.20. The highest BCUT2D eigenvalue weighted by Gasteiger charge is 2.33. The van der Waals surface area contributed by atoms with Crippen LogP contribution in [0.4, 0.5) is 13.2 Å². The van der Waals surface area contributed by atoms with Crippen LogP contribution in [-0.4, -0.2) is 17.9 Å². The van der Waals surface area contributed by atoms with Gasteiger partial charge in [0.15, 0.2) is 0 Å². The third-order valence-corrected chi connectivity index (χ3v) is 2.90. The third kappa shape index (κ3) is 4.58. The van der Waals surface area contributed by atoms with Crippen molar-refractivity contribution < 1.29 is 18.0 Å². The van der Waals surface area contributed by atoms with Gasteiger partial charge in [-0.3, -0.25) is 4.79 Å². The normalized spacial score (nSPS) is 11.4. The van der Waals surface area contributed by atoms with Gasteiger partial charge in [-0.25, -0.2) is 0 Å². The molecule has 0 saturated carbocycles. The number of carbonyl (C=O) groups is 1. The lowest BCUT2D eigenvalue weighted by atomic mass is 10.1. The summed E-state index contributed by atoms with van der Waals surface area (Å²) in [6, 6.07) is 5.35. The molecule has 0 heterocycles. The van der Waals surface area contributed by atoms with Crippen LogP contribution in [-0.2, 0) is 17.5 Å². The lowest BCUT2D eigenvalue weighted by molar-refractivity contribution is -0.139. The Morgan fingerprint density at radius 2 is 1.89 bits per heavy atom. The molecule has 2 nitrogen and oxygen atoms in total. The van der Waals surface area contributed by atoms with E-state index in [9.17, 15) is 18.0 Å². The molecular formula is C14H18F3NO. The minimum atomic E-state index is -4.39. The van der Waals surface area contributed by atoms with Gasteiger partial charge in [-0.2, -0.15) is 13.2 Å². The van der Waals surface area contributed by atoms with Crippen molar-refractivity contribution in [2.75, 3.05) is 7.05 Å². The number of halogens is 3. The van der Waals surface area contributed by atoms with Gasteiger partial charge in [-0.15, -0.1) is 0 Å². The topological polar surface area (TPSA) is 20.3 Å². The molecule has 0 aliphatic heterocycles. The first-order valence-electron chi connectivity index (χ1n) is 6.25. The van der Waals surface area contributed by atoms with Gasteiger partial charge in [0, 0.05) is 20.0 Å². The quantitative estimate of drug-likeness (QED) is 0.798. The lowest BCUT2D eigenvalue weighted by Crippen LogP contribution is -2.27. The molecule has 19 heavy (non-hydrogen) atoms. The first kappa shape index (κ1) is 15.5. The number of unbranched alkanes of at least 4 members (excludes halogenated alkanes) is 1. The van der Waals surface area contributed by atoms with Gasteiger partial charge < -0.3 is 4.90 Å². The van der Waals surface area contributed by atoms with Gasteiger partial charge in [0.05, 0.1) is 5.56 Å². The highest BCUT2D eigenvalue weighted by molar-refractivity contribution is 5.75. The summed E-state index contributed by atoms with van der Waals surface area (Å²) in [6.07, 6.45) is -2.37. The summed E-state index contributed by atoms with van der Waals surface area (Å²) in [6.45, 7) is 1.95. The molecule has 0 atom stereocenters. The van der Waals surface area contributed by atoms with Crippen LogP contribution >= 0.6 is 0 Å². The van der Waals surface area contributed by atoms with E-state index in [1.165, 1.54) is 24.1 Å². The van der Waals surface area contributed by atoms with Gasteiger partial charge >= 0.3 is 6.18 Å². The van der Waals surface area contributed by atoms with Crippen LogP contribution in [0.3, 0.4) is 0 Å². The summed E-state index contributed by atoms with van der Waals surface area (Å²) in [4.78, 5) is 13.1. The molecule has 5 heteroatoms. The van der Waals surface area contributed by atoms with Crippen molar-refractivity contribution in [2.45, 2.75) is 38.9 Å². The Hall–Kier alpha value is -1.52. The predicted octanol–water partition coefficient (Wildman–Crippen LogP) is 3.85. The minimum absolute atomic E-state index is 0.0156. The number of benzene rings is 1. The summed E-state index contributed by atoms with van der Waals surface area (Å²) in [7, 11) is 1.53. The van der Waals surface area contributed by atoms with E-state index in [-0.39, 0.29) is 18.0 Å². The molecule has 1 aromatic rings. The Morgan fingerprint density at radius 3 is 2.47 bits per heavy atom. The van der Waals surface area contributed by atoms with E-state index in [0.717, 1.165) is 18.9 Å². The molecule has 0 aliphatic rings. The largest absolute Gasteiger partial charge is 0.416 e. The Bertz CT molecular complexity index is 429. The smallest absolute Gasteiger partial charge is 0.341 e. The first-order chi connectivity index (χ1) is 8.86. The van der Waals surface area contributed by atoms with Crippen molar-refractivity contribution in [1.29, 1.82) is 0 Å². The standard InChI is InChI=1S/C14H18F3NO/c1-3-4-9-13(19)18(2)10-11-7-5-6-8-12(11)14(15,16)17/h5-8H,3-4,9-10H2,1-2H3. The summed E-state index contributed by atoms with van der Waals surface area (Å²) < 4.78 is 38.4. The molecule has 0 aliphatic carbocycles. The predicted molar refractivity (Wildman–Crippen MR) is 67.4 cm³/mol. The van der Waals surface area contributed by atoms with E-state index >= 15 is 0 Å². The number of nitrogens with zero attached hydrogens (tertiary/aromatic N) is 1. The van der Waals surface area contributed by atoms with Crippen LogP contribution in [0.1, 0.15) is 37.3 Å². The van der Waals surface area contributed by atoms with E-state index < -0.39 is 11.7 Å². The molecule has 1 aromatic carbocycles. The molecule has 106 valence electrons. The van der Waals surface area contributed by atoms with E-state index in [1.807, 2.05) is 6.92 Å². The first-order valence-corrected chi connectivity index (χ1v) is 6.25. The number of rotatable bonds is 5. The summed E-state index contributed by atoms with van der Waals surface area (Å²) in [5, 5.41) is 0. The highest BCUT2D eigenvalue weighted by atomic mass is 19.4. The zero-order valence-corrected chi connectivity index (χ0v) is 11.1. The van der Waals surface area contributed by atoms with Crippen molar-refractivity contribution in [1.82, 2.24) is 4.90 Å². The van der Waals surface area contributed by atoms with Gasteiger partial charge in [0.1, 0.15) is 0 Å². The van der Waals surface area contributed by atoms with Crippen LogP contribution in [0, 0.1) is 0 Å². The molecule has 1 rings (SSSR count). The van der Waals surface area contributed by atoms with Crippen molar-refractivity contribution in [3.05, 3.63) is 35.4 Å². The molecule has 0 spiro atoms. The molecule has 0 radical (unpaired) electrons. The van der Waals surface area contributed by atoms with Gasteiger partial charge in [0.25, 0.3) is 0 Å². The van der Waals surface area contributed by atoms with Gasteiger partial charge in [-0.05, 0) is 18.1 Å². The van der Waals surface area contributed by atoms with E-state index in [0.29, 0.717) is 6.42 Å². The molecule has 1 amide bonds. The second-order valence-corrected chi connectivity index (χ2v) is 4.51. The fourth-order valence-corrected chi connectivity index (χ4v) is 1.80. The van der Waals surface area contributed by atoms with Crippen LogP contribution in [0.15, 0.2) is 24.3 Å². The minimum Gasteiger partial charge on any atom is -0.341 e. The molecule has 0 bridgehead atoms. The van der Waals surface area contributed by atoms with E-state index in [4.69, 9.17) is 0 Å². The second kappa shape index (κ2) is 6.59. The Morgan fingerprint density at radius 1 is 1.26 bits per heavy atom. The summed E-state index contributed by atoms with van der Waals surface area (Å²) in [5.41, 5.74) is -0.549. The molecule has 0 aromatic heterocycles. The third-order valence-electron chi connectivity index (χ3n) is 2.90. The number of amides is 1. The van der Waals surface area contributed by atoms with Gasteiger partial charge in [-0.1, -0.05) is 31.5 Å². The maximum atomic E-state index is 12.8. The average Bonchev–Trinajstić information content (AvgIpc) is 2.35. The molecule has 0 fully saturated rings. The summed E-state index contributed by atoms with van der Waals surface area (Å²) in [5.74, 6) is -0.126. The van der Waals surface area contributed by atoms with Crippen LogP contribution in [0.25, 0.3) is 0 Å². The van der Waals surface area contributed by atoms with Crippen LogP contribution in [0.5, 0.6) is 0 Å². The summed E-state index contributed by atoms with van der Waals surface area (Å²) >= 11 is 0. The fourth-order valence-electron chi connectivity index (χ4n) is 1.80. The monoisotopic (exact) mass is 273 g/mol. The Balaban J connectivity index is 2.80. The average molecular weight is 273 g/mol. The van der Waals surface area contributed by atoms with Crippen molar-refractivity contribution in [2.24, 2.45) is 0 Å². The Labute approximate surface area is 111 Å². The maximum absolute atomic E-state index is 12.8. The number of alkyl halides is 3. The van der Waals surface area contributed by atoms with E-state index in [1.54, 1.807) is 6.07 Å². The highest BCUT2D eigenvalue weighted by Crippen LogP contribution is 2.32. The number of hydrogen-bond acceptors (Lipinski definition) is 1. The molecule has 0 unspecified atom stereocenters. The number of hydrogen-bond donors (Lipinski definition) is 0. The van der Waals surface area contributed by atoms with Crippen LogP contribution < -0.4 is 0 Å². The van der Waals surface area contributed by atoms with Gasteiger partial charge in [0.2, 0.25) is 5.91 Å². The zero-order valence-electron chi connectivity index (χ0n) is 11.1. The molecule has 0 saturated heterocycles. The SMILES string of the molecule is CCCCC(=O)N(C)Cc1ccccc1C(F)(F)F.